The summed E-state index contributed by atoms with van der Waals surface area (Å²) in [4.78, 5) is 0. The van der Waals surface area contributed by atoms with Gasteiger partial charge >= 0.3 is 0 Å². The monoisotopic (exact) mass is 287 g/mol. The van der Waals surface area contributed by atoms with Crippen molar-refractivity contribution in [3.63, 3.8) is 0 Å². The molecule has 0 saturated carbocycles. The average Bonchev–Trinajstić information content (AvgIpc) is 2.28. The van der Waals surface area contributed by atoms with Gasteiger partial charge in [-0.1, -0.05) is 40.9 Å². The highest BCUT2D eigenvalue weighted by Gasteiger charge is 2.09. The summed E-state index contributed by atoms with van der Waals surface area (Å²) in [5.41, 5.74) is 6.16. The molecule has 17 heavy (non-hydrogen) atoms. The summed E-state index contributed by atoms with van der Waals surface area (Å²) in [6.45, 7) is 0. The predicted octanol–water partition coefficient (Wildman–Crippen LogP) is 5.02. The number of anilines is 1. The Kier molecular flexibility index (Phi) is 3.67. The van der Waals surface area contributed by atoms with E-state index in [1.54, 1.807) is 36.4 Å². The van der Waals surface area contributed by atoms with Gasteiger partial charge in [-0.2, -0.15) is 0 Å². The number of ether oxygens (including phenoxy) is 1. The van der Waals surface area contributed by atoms with Crippen molar-refractivity contribution in [1.82, 2.24) is 0 Å². The Hall–Kier alpha value is -1.09. The first-order chi connectivity index (χ1) is 8.08. The van der Waals surface area contributed by atoms with Crippen molar-refractivity contribution in [3.05, 3.63) is 51.5 Å². The lowest BCUT2D eigenvalue weighted by molar-refractivity contribution is 0.483. The molecule has 0 aliphatic carbocycles. The van der Waals surface area contributed by atoms with Crippen LogP contribution in [0.15, 0.2) is 36.4 Å². The maximum absolute atomic E-state index is 6.00. The molecule has 0 spiro atoms. The Bertz CT molecular complexity index is 557. The average molecular weight is 289 g/mol. The van der Waals surface area contributed by atoms with Crippen LogP contribution >= 0.6 is 34.8 Å². The molecule has 0 aliphatic rings. The zero-order valence-corrected chi connectivity index (χ0v) is 10.9. The van der Waals surface area contributed by atoms with Crippen LogP contribution < -0.4 is 10.5 Å². The highest BCUT2D eigenvalue weighted by molar-refractivity contribution is 6.43. The van der Waals surface area contributed by atoms with E-state index in [9.17, 15) is 0 Å². The summed E-state index contributed by atoms with van der Waals surface area (Å²) in [5.74, 6) is 0.927. The summed E-state index contributed by atoms with van der Waals surface area (Å²) in [5, 5.41) is 1.19. The van der Waals surface area contributed by atoms with Crippen LogP contribution in [0.4, 0.5) is 5.69 Å². The first kappa shape index (κ1) is 12.4. The summed E-state index contributed by atoms with van der Waals surface area (Å²) >= 11 is 17.9. The van der Waals surface area contributed by atoms with Crippen LogP contribution in [-0.2, 0) is 0 Å². The fourth-order valence-corrected chi connectivity index (χ4v) is 1.84. The minimum atomic E-state index is 0.349. The lowest BCUT2D eigenvalue weighted by Gasteiger charge is -2.10. The fraction of sp³-hybridized carbons (Fsp3) is 0. The topological polar surface area (TPSA) is 35.2 Å². The third-order valence-electron chi connectivity index (χ3n) is 2.09. The van der Waals surface area contributed by atoms with Crippen LogP contribution in [0.5, 0.6) is 11.5 Å². The van der Waals surface area contributed by atoms with Gasteiger partial charge in [0, 0.05) is 5.69 Å². The number of nitrogens with two attached hydrogens (primary N) is 1. The SMILES string of the molecule is Nc1ccc(Oc2cccc(Cl)c2Cl)c(Cl)c1. The van der Waals surface area contributed by atoms with Crippen LogP contribution in [0, 0.1) is 0 Å². The van der Waals surface area contributed by atoms with Gasteiger partial charge in [-0.25, -0.2) is 0 Å². The van der Waals surface area contributed by atoms with Gasteiger partial charge < -0.3 is 10.5 Å². The van der Waals surface area contributed by atoms with Gasteiger partial charge in [-0.3, -0.25) is 0 Å². The number of hydrogen-bond acceptors (Lipinski definition) is 2. The maximum atomic E-state index is 6.00. The quantitative estimate of drug-likeness (QED) is 0.787. The van der Waals surface area contributed by atoms with Crippen LogP contribution in [0.3, 0.4) is 0 Å². The molecule has 0 atom stereocenters. The molecule has 0 amide bonds. The van der Waals surface area contributed by atoms with Crippen molar-refractivity contribution in [3.8, 4) is 11.5 Å². The van der Waals surface area contributed by atoms with E-state index in [-0.39, 0.29) is 0 Å². The molecular formula is C12H8Cl3NO. The molecule has 88 valence electrons. The first-order valence-corrected chi connectivity index (χ1v) is 5.88. The Labute approximate surface area is 114 Å². The summed E-state index contributed by atoms with van der Waals surface area (Å²) < 4.78 is 5.57. The molecule has 0 fully saturated rings. The molecule has 0 aromatic heterocycles. The van der Waals surface area contributed by atoms with E-state index in [0.717, 1.165) is 0 Å². The van der Waals surface area contributed by atoms with Gasteiger partial charge in [0.15, 0.2) is 0 Å². The minimum Gasteiger partial charge on any atom is -0.454 e. The first-order valence-electron chi connectivity index (χ1n) is 4.75. The molecular weight excluding hydrogens is 280 g/mol. The second kappa shape index (κ2) is 5.05. The molecule has 5 heteroatoms. The summed E-state index contributed by atoms with van der Waals surface area (Å²) in [6, 6.07) is 10.1. The number of halogens is 3. The van der Waals surface area contributed by atoms with Crippen LogP contribution in [0.2, 0.25) is 15.1 Å². The number of nitrogen functional groups attached to an aromatic ring is 1. The van der Waals surface area contributed by atoms with Gasteiger partial charge in [0.05, 0.1) is 10.0 Å². The lowest BCUT2D eigenvalue weighted by atomic mass is 10.3. The normalized spacial score (nSPS) is 10.3. The van der Waals surface area contributed by atoms with Crippen molar-refractivity contribution in [2.45, 2.75) is 0 Å². The van der Waals surface area contributed by atoms with E-state index in [1.165, 1.54) is 0 Å². The fourth-order valence-electron chi connectivity index (χ4n) is 1.28. The Morgan fingerprint density at radius 3 is 2.35 bits per heavy atom. The molecule has 2 N–H and O–H groups in total. The maximum Gasteiger partial charge on any atom is 0.147 e. The van der Waals surface area contributed by atoms with E-state index in [1.807, 2.05) is 0 Å². The van der Waals surface area contributed by atoms with Crippen molar-refractivity contribution >= 4 is 40.5 Å². The van der Waals surface area contributed by atoms with Crippen molar-refractivity contribution < 1.29 is 4.74 Å². The van der Waals surface area contributed by atoms with Crippen molar-refractivity contribution in [1.29, 1.82) is 0 Å². The largest absolute Gasteiger partial charge is 0.454 e. The van der Waals surface area contributed by atoms with E-state index < -0.39 is 0 Å². The molecule has 2 nitrogen and oxygen atoms in total. The Morgan fingerprint density at radius 2 is 1.65 bits per heavy atom. The molecule has 0 unspecified atom stereocenters. The second-order valence-corrected chi connectivity index (χ2v) is 4.54. The third kappa shape index (κ3) is 2.78. The van der Waals surface area contributed by atoms with Crippen LogP contribution in [0.25, 0.3) is 0 Å². The van der Waals surface area contributed by atoms with E-state index in [2.05, 4.69) is 0 Å². The zero-order chi connectivity index (χ0) is 12.4. The molecule has 0 radical (unpaired) electrons. The van der Waals surface area contributed by atoms with Gasteiger partial charge in [-0.05, 0) is 30.3 Å². The molecule has 2 aromatic rings. The number of rotatable bonds is 2. The smallest absolute Gasteiger partial charge is 0.147 e. The van der Waals surface area contributed by atoms with Gasteiger partial charge in [0.2, 0.25) is 0 Å². The van der Waals surface area contributed by atoms with E-state index in [0.29, 0.717) is 32.3 Å². The van der Waals surface area contributed by atoms with Gasteiger partial charge in [0.1, 0.15) is 16.5 Å². The zero-order valence-electron chi connectivity index (χ0n) is 8.58. The Balaban J connectivity index is 2.35. The molecule has 0 saturated heterocycles. The highest BCUT2D eigenvalue weighted by atomic mass is 35.5. The third-order valence-corrected chi connectivity index (χ3v) is 3.19. The van der Waals surface area contributed by atoms with Gasteiger partial charge in [0.25, 0.3) is 0 Å². The molecule has 0 heterocycles. The standard InChI is InChI=1S/C12H8Cl3NO/c13-8-2-1-3-11(12(8)15)17-10-5-4-7(16)6-9(10)14/h1-6H,16H2. The second-order valence-electron chi connectivity index (χ2n) is 3.34. The number of benzene rings is 2. The lowest BCUT2D eigenvalue weighted by Crippen LogP contribution is -1.89. The molecule has 0 aliphatic heterocycles. The number of hydrogen-bond donors (Lipinski definition) is 1. The van der Waals surface area contributed by atoms with Crippen molar-refractivity contribution in [2.24, 2.45) is 0 Å². The summed E-state index contributed by atoms with van der Waals surface area (Å²) in [7, 11) is 0. The molecule has 2 aromatic carbocycles. The molecule has 0 bridgehead atoms. The van der Waals surface area contributed by atoms with Crippen LogP contribution in [-0.4, -0.2) is 0 Å². The van der Waals surface area contributed by atoms with Crippen LogP contribution in [0.1, 0.15) is 0 Å². The van der Waals surface area contributed by atoms with Gasteiger partial charge in [-0.15, -0.1) is 0 Å². The predicted molar refractivity (Wildman–Crippen MR) is 72.4 cm³/mol. The Morgan fingerprint density at radius 1 is 0.882 bits per heavy atom. The van der Waals surface area contributed by atoms with Crippen molar-refractivity contribution in [2.75, 3.05) is 5.73 Å². The molecule has 2 rings (SSSR count). The van der Waals surface area contributed by atoms with E-state index >= 15 is 0 Å². The minimum absolute atomic E-state index is 0.349. The highest BCUT2D eigenvalue weighted by Crippen LogP contribution is 2.37. The summed E-state index contributed by atoms with van der Waals surface area (Å²) in [6.07, 6.45) is 0. The van der Waals surface area contributed by atoms with E-state index in [4.69, 9.17) is 45.3 Å².